The molecule has 3 nitrogen and oxygen atoms in total. The van der Waals surface area contributed by atoms with Gasteiger partial charge in [0.2, 0.25) is 0 Å². The lowest BCUT2D eigenvalue weighted by molar-refractivity contribution is -0.141. The molecule has 1 aromatic carbocycles. The highest BCUT2D eigenvalue weighted by Gasteiger charge is 2.13. The first-order chi connectivity index (χ1) is 8.54. The number of aliphatic carboxylic acids is 1. The van der Waals surface area contributed by atoms with Gasteiger partial charge >= 0.3 is 5.97 Å². The van der Waals surface area contributed by atoms with Gasteiger partial charge in [-0.1, -0.05) is 45.0 Å². The molecule has 18 heavy (non-hydrogen) atoms. The molecule has 0 aliphatic heterocycles. The Balaban J connectivity index is 2.42. The maximum absolute atomic E-state index is 10.9. The highest BCUT2D eigenvalue weighted by Crippen LogP contribution is 2.14. The van der Waals surface area contributed by atoms with Gasteiger partial charge in [-0.2, -0.15) is 0 Å². The van der Waals surface area contributed by atoms with Gasteiger partial charge in [0.1, 0.15) is 0 Å². The Bertz CT molecular complexity index is 371. The molecule has 2 N–H and O–H groups in total. The quantitative estimate of drug-likeness (QED) is 0.781. The summed E-state index contributed by atoms with van der Waals surface area (Å²) in [6, 6.07) is 8.47. The third-order valence-electron chi connectivity index (χ3n) is 3.21. The topological polar surface area (TPSA) is 49.3 Å². The summed E-state index contributed by atoms with van der Waals surface area (Å²) >= 11 is 0. The van der Waals surface area contributed by atoms with E-state index in [1.54, 1.807) is 0 Å². The fourth-order valence-electron chi connectivity index (χ4n) is 1.82. The fraction of sp³-hybridized carbons (Fsp3) is 0.533. The second kappa shape index (κ2) is 7.17. The number of hydrogen-bond acceptors (Lipinski definition) is 2. The van der Waals surface area contributed by atoms with E-state index >= 15 is 0 Å². The Morgan fingerprint density at radius 1 is 1.28 bits per heavy atom. The minimum absolute atomic E-state index is 0.292. The predicted octanol–water partition coefficient (Wildman–Crippen LogP) is 3.01. The summed E-state index contributed by atoms with van der Waals surface area (Å²) in [7, 11) is 0. The van der Waals surface area contributed by atoms with Crippen molar-refractivity contribution in [2.75, 3.05) is 6.54 Å². The predicted molar refractivity (Wildman–Crippen MR) is 73.7 cm³/mol. The average Bonchev–Trinajstić information content (AvgIpc) is 2.34. The summed E-state index contributed by atoms with van der Waals surface area (Å²) in [6.45, 7) is 7.50. The zero-order chi connectivity index (χ0) is 13.5. The van der Waals surface area contributed by atoms with E-state index in [9.17, 15) is 4.79 Å². The molecule has 0 aliphatic carbocycles. The molecule has 0 spiro atoms. The number of benzene rings is 1. The number of carboxylic acids is 1. The van der Waals surface area contributed by atoms with Crippen molar-refractivity contribution in [1.82, 2.24) is 5.32 Å². The van der Waals surface area contributed by atoms with Gasteiger partial charge in [-0.25, -0.2) is 0 Å². The number of carboxylic acid groups (broad SMARTS) is 1. The first-order valence-corrected chi connectivity index (χ1v) is 6.57. The van der Waals surface area contributed by atoms with E-state index in [0.717, 1.165) is 6.54 Å². The van der Waals surface area contributed by atoms with Crippen molar-refractivity contribution in [2.45, 2.75) is 39.7 Å². The third-order valence-corrected chi connectivity index (χ3v) is 3.21. The Hall–Kier alpha value is -1.35. The van der Waals surface area contributed by atoms with E-state index in [2.05, 4.69) is 43.4 Å². The summed E-state index contributed by atoms with van der Waals surface area (Å²) in [6.07, 6.45) is 0.661. The minimum atomic E-state index is -0.722. The van der Waals surface area contributed by atoms with Gasteiger partial charge in [0.25, 0.3) is 0 Å². The first kappa shape index (κ1) is 14.7. The monoisotopic (exact) mass is 249 g/mol. The molecule has 1 atom stereocenters. The van der Waals surface area contributed by atoms with Crippen molar-refractivity contribution in [1.29, 1.82) is 0 Å². The van der Waals surface area contributed by atoms with Crippen molar-refractivity contribution < 1.29 is 9.90 Å². The molecule has 0 bridgehead atoms. The summed E-state index contributed by atoms with van der Waals surface area (Å²) in [5, 5.41) is 12.1. The molecule has 0 saturated heterocycles. The largest absolute Gasteiger partial charge is 0.481 e. The molecule has 1 rings (SSSR count). The van der Waals surface area contributed by atoms with Crippen LogP contribution in [0.4, 0.5) is 0 Å². The van der Waals surface area contributed by atoms with Crippen molar-refractivity contribution in [3.63, 3.8) is 0 Å². The molecule has 1 aromatic rings. The van der Waals surface area contributed by atoms with Crippen LogP contribution in [0.15, 0.2) is 24.3 Å². The van der Waals surface area contributed by atoms with Gasteiger partial charge in [0, 0.05) is 13.1 Å². The number of nitrogens with one attached hydrogen (secondary N) is 1. The molecule has 0 fully saturated rings. The normalized spacial score (nSPS) is 12.7. The number of carbonyl (C=O) groups is 1. The van der Waals surface area contributed by atoms with Gasteiger partial charge in [-0.15, -0.1) is 0 Å². The summed E-state index contributed by atoms with van der Waals surface area (Å²) in [5.74, 6) is -0.469. The van der Waals surface area contributed by atoms with Crippen LogP contribution < -0.4 is 5.32 Å². The molecule has 100 valence electrons. The number of rotatable bonds is 7. The van der Waals surface area contributed by atoms with Crippen LogP contribution in [0.25, 0.3) is 0 Å². The van der Waals surface area contributed by atoms with Crippen molar-refractivity contribution in [2.24, 2.45) is 5.92 Å². The highest BCUT2D eigenvalue weighted by molar-refractivity contribution is 5.70. The summed E-state index contributed by atoms with van der Waals surface area (Å²) in [5.41, 5.74) is 2.52. The first-order valence-electron chi connectivity index (χ1n) is 6.57. The Kier molecular flexibility index (Phi) is 5.86. The molecule has 0 radical (unpaired) electrons. The molecule has 1 unspecified atom stereocenters. The van der Waals surface area contributed by atoms with Gasteiger partial charge in [-0.3, -0.25) is 4.79 Å². The standard InChI is InChI=1S/C15H23NO2/c1-4-13(15(17)18)10-16-9-12-5-7-14(8-6-12)11(2)3/h5-8,11,13,16H,4,9-10H2,1-3H3,(H,17,18). The Labute approximate surface area is 109 Å². The average molecular weight is 249 g/mol. The van der Waals surface area contributed by atoms with Crippen LogP contribution in [0, 0.1) is 5.92 Å². The zero-order valence-electron chi connectivity index (χ0n) is 11.4. The van der Waals surface area contributed by atoms with Gasteiger partial charge in [0.15, 0.2) is 0 Å². The Morgan fingerprint density at radius 2 is 1.89 bits per heavy atom. The Morgan fingerprint density at radius 3 is 2.33 bits per heavy atom. The molecule has 3 heteroatoms. The van der Waals surface area contributed by atoms with Gasteiger partial charge < -0.3 is 10.4 Å². The molecule has 0 saturated carbocycles. The van der Waals surface area contributed by atoms with Crippen LogP contribution in [-0.2, 0) is 11.3 Å². The van der Waals surface area contributed by atoms with Crippen molar-refractivity contribution >= 4 is 5.97 Å². The van der Waals surface area contributed by atoms with Crippen LogP contribution in [0.1, 0.15) is 44.2 Å². The summed E-state index contributed by atoms with van der Waals surface area (Å²) < 4.78 is 0. The van der Waals surface area contributed by atoms with E-state index in [1.165, 1.54) is 11.1 Å². The molecular weight excluding hydrogens is 226 g/mol. The van der Waals surface area contributed by atoms with Crippen molar-refractivity contribution in [3.8, 4) is 0 Å². The van der Waals surface area contributed by atoms with Crippen LogP contribution in [-0.4, -0.2) is 17.6 Å². The second-order valence-electron chi connectivity index (χ2n) is 4.97. The maximum atomic E-state index is 10.9. The molecule has 0 heterocycles. The number of hydrogen-bond donors (Lipinski definition) is 2. The minimum Gasteiger partial charge on any atom is -0.481 e. The van der Waals surface area contributed by atoms with E-state index in [0.29, 0.717) is 18.9 Å². The van der Waals surface area contributed by atoms with E-state index in [4.69, 9.17) is 5.11 Å². The lowest BCUT2D eigenvalue weighted by atomic mass is 10.0. The molecule has 0 aliphatic rings. The molecular formula is C15H23NO2. The third kappa shape index (κ3) is 4.49. The molecule has 0 aromatic heterocycles. The van der Waals surface area contributed by atoms with Gasteiger partial charge in [0.05, 0.1) is 5.92 Å². The summed E-state index contributed by atoms with van der Waals surface area (Å²) in [4.78, 5) is 10.9. The van der Waals surface area contributed by atoms with Crippen LogP contribution in [0.2, 0.25) is 0 Å². The van der Waals surface area contributed by atoms with Crippen LogP contribution >= 0.6 is 0 Å². The maximum Gasteiger partial charge on any atom is 0.307 e. The fourth-order valence-corrected chi connectivity index (χ4v) is 1.82. The van der Waals surface area contributed by atoms with Crippen molar-refractivity contribution in [3.05, 3.63) is 35.4 Å². The van der Waals surface area contributed by atoms with E-state index in [1.807, 2.05) is 6.92 Å². The zero-order valence-corrected chi connectivity index (χ0v) is 11.4. The SMILES string of the molecule is CCC(CNCc1ccc(C(C)C)cc1)C(=O)O. The van der Waals surface area contributed by atoms with E-state index in [-0.39, 0.29) is 5.92 Å². The second-order valence-corrected chi connectivity index (χ2v) is 4.97. The van der Waals surface area contributed by atoms with Crippen LogP contribution in [0.3, 0.4) is 0 Å². The highest BCUT2D eigenvalue weighted by atomic mass is 16.4. The lowest BCUT2D eigenvalue weighted by Gasteiger charge is -2.11. The van der Waals surface area contributed by atoms with E-state index < -0.39 is 5.97 Å². The lowest BCUT2D eigenvalue weighted by Crippen LogP contribution is -2.27. The van der Waals surface area contributed by atoms with Gasteiger partial charge in [-0.05, 0) is 23.5 Å². The van der Waals surface area contributed by atoms with Crippen LogP contribution in [0.5, 0.6) is 0 Å². The smallest absolute Gasteiger partial charge is 0.307 e. The molecule has 0 amide bonds.